The summed E-state index contributed by atoms with van der Waals surface area (Å²) < 4.78 is 4.87. The van der Waals surface area contributed by atoms with Crippen LogP contribution in [0.2, 0.25) is 10.0 Å². The minimum atomic E-state index is -0.823. The molecule has 0 atom stereocenters. The van der Waals surface area contributed by atoms with Crippen molar-refractivity contribution in [2.24, 2.45) is 0 Å². The van der Waals surface area contributed by atoms with Crippen molar-refractivity contribution in [2.75, 3.05) is 6.61 Å². The number of nitrogens with one attached hydrogen (secondary N) is 1. The lowest BCUT2D eigenvalue weighted by Gasteiger charge is -2.21. The predicted molar refractivity (Wildman–Crippen MR) is 91.4 cm³/mol. The van der Waals surface area contributed by atoms with Gasteiger partial charge in [0.15, 0.2) is 6.61 Å². The van der Waals surface area contributed by atoms with Gasteiger partial charge >= 0.3 is 5.97 Å². The summed E-state index contributed by atoms with van der Waals surface area (Å²) in [5.41, 5.74) is -0.215. The number of benzene rings is 1. The molecule has 0 unspecified atom stereocenters. The molecule has 7 heteroatoms. The fraction of sp³-hybridized carbons (Fsp3) is 0.353. The SMILES string of the molecule is N#CC1(NC(=O)COC(=O)/C=C/c2ccc(Cl)cc2Cl)CCCC1. The summed E-state index contributed by atoms with van der Waals surface area (Å²) in [4.78, 5) is 23.5. The van der Waals surface area contributed by atoms with Gasteiger partial charge in [0.05, 0.1) is 6.07 Å². The van der Waals surface area contributed by atoms with Gasteiger partial charge in [-0.25, -0.2) is 4.79 Å². The van der Waals surface area contributed by atoms with Crippen LogP contribution in [-0.4, -0.2) is 24.0 Å². The molecule has 0 bridgehead atoms. The molecule has 0 aromatic heterocycles. The van der Waals surface area contributed by atoms with E-state index in [1.165, 1.54) is 12.2 Å². The Morgan fingerprint density at radius 3 is 2.67 bits per heavy atom. The number of halogens is 2. The van der Waals surface area contributed by atoms with Gasteiger partial charge in [0.2, 0.25) is 0 Å². The highest BCUT2D eigenvalue weighted by Gasteiger charge is 2.35. The Bertz CT molecular complexity index is 704. The molecule has 24 heavy (non-hydrogen) atoms. The van der Waals surface area contributed by atoms with Gasteiger partial charge in [0, 0.05) is 16.1 Å². The number of carbonyl (C=O) groups excluding carboxylic acids is 2. The number of rotatable bonds is 5. The van der Waals surface area contributed by atoms with Crippen molar-refractivity contribution in [1.82, 2.24) is 5.32 Å². The lowest BCUT2D eigenvalue weighted by atomic mass is 10.00. The summed E-state index contributed by atoms with van der Waals surface area (Å²) in [5.74, 6) is -1.15. The van der Waals surface area contributed by atoms with Crippen LogP contribution in [0.4, 0.5) is 0 Å². The zero-order valence-corrected chi connectivity index (χ0v) is 14.4. The van der Waals surface area contributed by atoms with E-state index in [1.807, 2.05) is 0 Å². The second kappa shape index (κ2) is 8.18. The molecule has 0 saturated heterocycles. The zero-order chi connectivity index (χ0) is 17.6. The Kier molecular flexibility index (Phi) is 6.24. The van der Waals surface area contributed by atoms with Crippen molar-refractivity contribution in [3.8, 4) is 6.07 Å². The zero-order valence-electron chi connectivity index (χ0n) is 12.9. The summed E-state index contributed by atoms with van der Waals surface area (Å²) in [6.45, 7) is -0.430. The molecule has 1 N–H and O–H groups in total. The van der Waals surface area contributed by atoms with Gasteiger partial charge in [-0.1, -0.05) is 29.3 Å². The fourth-order valence-corrected chi connectivity index (χ4v) is 3.00. The van der Waals surface area contributed by atoms with Gasteiger partial charge in [-0.15, -0.1) is 0 Å². The molecule has 0 spiro atoms. The van der Waals surface area contributed by atoms with Crippen LogP contribution in [0.1, 0.15) is 31.2 Å². The minimum Gasteiger partial charge on any atom is -0.452 e. The number of esters is 1. The molecule has 5 nitrogen and oxygen atoms in total. The first-order valence-electron chi connectivity index (χ1n) is 7.46. The Balaban J connectivity index is 1.83. The molecule has 126 valence electrons. The van der Waals surface area contributed by atoms with E-state index in [9.17, 15) is 14.9 Å². The molecule has 0 heterocycles. The van der Waals surface area contributed by atoms with E-state index in [1.54, 1.807) is 18.2 Å². The molecule has 2 rings (SSSR count). The normalized spacial score (nSPS) is 15.9. The maximum Gasteiger partial charge on any atom is 0.331 e. The summed E-state index contributed by atoms with van der Waals surface area (Å²) in [6, 6.07) is 7.01. The van der Waals surface area contributed by atoms with E-state index < -0.39 is 24.0 Å². The molecule has 1 fully saturated rings. The Hall–Kier alpha value is -2.03. The standard InChI is InChI=1S/C17H16Cl2N2O3/c18-13-5-3-12(14(19)9-13)4-6-16(23)24-10-15(22)21-17(11-20)7-1-2-8-17/h3-6,9H,1-2,7-8,10H2,(H,21,22)/b6-4+. The van der Waals surface area contributed by atoms with Crippen molar-refractivity contribution in [3.63, 3.8) is 0 Å². The van der Waals surface area contributed by atoms with Crippen molar-refractivity contribution in [3.05, 3.63) is 39.9 Å². The summed E-state index contributed by atoms with van der Waals surface area (Å²) >= 11 is 11.8. The van der Waals surface area contributed by atoms with Crippen LogP contribution in [0.15, 0.2) is 24.3 Å². The highest BCUT2D eigenvalue weighted by Crippen LogP contribution is 2.28. The van der Waals surface area contributed by atoms with E-state index in [4.69, 9.17) is 27.9 Å². The highest BCUT2D eigenvalue weighted by molar-refractivity contribution is 6.35. The number of hydrogen-bond donors (Lipinski definition) is 1. The van der Waals surface area contributed by atoms with Crippen LogP contribution in [0.25, 0.3) is 6.08 Å². The van der Waals surface area contributed by atoms with Crippen LogP contribution in [0.3, 0.4) is 0 Å². The third kappa shape index (κ3) is 4.98. The lowest BCUT2D eigenvalue weighted by molar-refractivity contribution is -0.144. The lowest BCUT2D eigenvalue weighted by Crippen LogP contribution is -2.46. The van der Waals surface area contributed by atoms with Crippen LogP contribution < -0.4 is 5.32 Å². The largest absolute Gasteiger partial charge is 0.452 e. The molecule has 1 saturated carbocycles. The summed E-state index contributed by atoms with van der Waals surface area (Å²) in [6.07, 6.45) is 5.71. The monoisotopic (exact) mass is 366 g/mol. The molecule has 1 aliphatic rings. The number of ether oxygens (including phenoxy) is 1. The van der Waals surface area contributed by atoms with Crippen LogP contribution in [0, 0.1) is 11.3 Å². The van der Waals surface area contributed by atoms with Crippen molar-refractivity contribution in [2.45, 2.75) is 31.2 Å². The molecular weight excluding hydrogens is 351 g/mol. The molecule has 1 aromatic rings. The summed E-state index contributed by atoms with van der Waals surface area (Å²) in [5, 5.41) is 12.7. The fourth-order valence-electron chi connectivity index (χ4n) is 2.53. The second-order valence-corrected chi connectivity index (χ2v) is 6.40. The van der Waals surface area contributed by atoms with Crippen LogP contribution in [0.5, 0.6) is 0 Å². The van der Waals surface area contributed by atoms with Gasteiger partial charge in [0.25, 0.3) is 5.91 Å². The number of hydrogen-bond acceptors (Lipinski definition) is 4. The molecule has 0 aliphatic heterocycles. The first-order chi connectivity index (χ1) is 11.4. The highest BCUT2D eigenvalue weighted by atomic mass is 35.5. The van der Waals surface area contributed by atoms with Gasteiger partial charge in [0.1, 0.15) is 5.54 Å². The van der Waals surface area contributed by atoms with Gasteiger partial charge in [-0.05, 0) is 49.5 Å². The molecule has 1 amide bonds. The average Bonchev–Trinajstić information content (AvgIpc) is 3.01. The topological polar surface area (TPSA) is 79.2 Å². The maximum atomic E-state index is 11.8. The van der Waals surface area contributed by atoms with Gasteiger partial charge in [-0.3, -0.25) is 4.79 Å². The van der Waals surface area contributed by atoms with E-state index >= 15 is 0 Å². The quantitative estimate of drug-likeness (QED) is 0.638. The Labute approximate surface area is 150 Å². The second-order valence-electron chi connectivity index (χ2n) is 5.56. The minimum absolute atomic E-state index is 0.404. The average molecular weight is 367 g/mol. The number of carbonyl (C=O) groups is 2. The molecular formula is C17H16Cl2N2O3. The van der Waals surface area contributed by atoms with E-state index in [0.717, 1.165) is 12.8 Å². The van der Waals surface area contributed by atoms with Crippen molar-refractivity contribution >= 4 is 41.2 Å². The first-order valence-corrected chi connectivity index (χ1v) is 8.22. The van der Waals surface area contributed by atoms with Crippen LogP contribution in [-0.2, 0) is 14.3 Å². The first kappa shape index (κ1) is 18.3. The third-order valence-corrected chi connectivity index (χ3v) is 4.32. The smallest absolute Gasteiger partial charge is 0.331 e. The summed E-state index contributed by atoms with van der Waals surface area (Å²) in [7, 11) is 0. The van der Waals surface area contributed by atoms with Crippen molar-refractivity contribution < 1.29 is 14.3 Å². The number of nitrogens with zero attached hydrogens (tertiary/aromatic N) is 1. The number of nitriles is 1. The van der Waals surface area contributed by atoms with Gasteiger partial charge < -0.3 is 10.1 Å². The Morgan fingerprint density at radius 1 is 1.33 bits per heavy atom. The predicted octanol–water partition coefficient (Wildman–Crippen LogP) is 3.50. The molecule has 0 radical (unpaired) electrons. The molecule has 1 aromatic carbocycles. The maximum absolute atomic E-state index is 11.8. The van der Waals surface area contributed by atoms with Crippen molar-refractivity contribution in [1.29, 1.82) is 5.26 Å². The van der Waals surface area contributed by atoms with Crippen LogP contribution >= 0.6 is 23.2 Å². The number of amides is 1. The Morgan fingerprint density at radius 2 is 2.04 bits per heavy atom. The van der Waals surface area contributed by atoms with Gasteiger partial charge in [-0.2, -0.15) is 5.26 Å². The molecule has 1 aliphatic carbocycles. The third-order valence-electron chi connectivity index (χ3n) is 3.76. The van der Waals surface area contributed by atoms with E-state index in [0.29, 0.717) is 28.5 Å². The van der Waals surface area contributed by atoms with E-state index in [2.05, 4.69) is 11.4 Å². The van der Waals surface area contributed by atoms with E-state index in [-0.39, 0.29) is 0 Å².